The van der Waals surface area contributed by atoms with Crippen molar-refractivity contribution < 1.29 is 4.65 Å². The minimum Gasteiger partial charge on any atom is -0.544 e. The molecule has 0 aliphatic rings. The predicted octanol–water partition coefficient (Wildman–Crippen LogP) is 2.56. The van der Waals surface area contributed by atoms with Crippen LogP contribution in [0.2, 0.25) is 0 Å². The van der Waals surface area contributed by atoms with E-state index in [1.807, 2.05) is 36.4 Å². The van der Waals surface area contributed by atoms with Gasteiger partial charge in [0.2, 0.25) is 0 Å². The average Bonchev–Trinajstić information content (AvgIpc) is 2.59. The van der Waals surface area contributed by atoms with Crippen LogP contribution in [-0.4, -0.2) is 11.9 Å². The molecule has 22 heavy (non-hydrogen) atoms. The smallest absolute Gasteiger partial charge is 0.480 e. The number of rotatable bonds is 3. The summed E-state index contributed by atoms with van der Waals surface area (Å²) in [5.74, 6) is 3.25. The van der Waals surface area contributed by atoms with Crippen molar-refractivity contribution in [3.63, 3.8) is 0 Å². The van der Waals surface area contributed by atoms with Crippen molar-refractivity contribution in [2.24, 2.45) is 0 Å². The summed E-state index contributed by atoms with van der Waals surface area (Å²) in [5, 5.41) is 9.98. The maximum Gasteiger partial charge on any atom is 0.480 e. The molecular formula is C18H11BN2O. The van der Waals surface area contributed by atoms with Crippen LogP contribution < -0.4 is 10.1 Å². The molecule has 0 atom stereocenters. The fourth-order valence-corrected chi connectivity index (χ4v) is 2.27. The third-order valence-electron chi connectivity index (χ3n) is 3.31. The summed E-state index contributed by atoms with van der Waals surface area (Å²) in [6.45, 7) is -0.569. The fraction of sp³-hybridized carbons (Fsp3) is 0. The molecule has 0 spiro atoms. The highest BCUT2D eigenvalue weighted by atomic mass is 16.4. The van der Waals surface area contributed by atoms with Gasteiger partial charge in [0, 0.05) is 11.6 Å². The molecule has 0 unspecified atom stereocenters. The summed E-state index contributed by atoms with van der Waals surface area (Å²) in [6.07, 6.45) is 7.33. The third kappa shape index (κ3) is 2.64. The summed E-state index contributed by atoms with van der Waals surface area (Å²) in [4.78, 5) is 4.35. The van der Waals surface area contributed by atoms with E-state index in [2.05, 4.69) is 16.9 Å². The zero-order chi connectivity index (χ0) is 15.4. The normalized spacial score (nSPS) is 9.73. The zero-order valence-corrected chi connectivity index (χ0v) is 11.7. The number of para-hydroxylation sites is 1. The van der Waals surface area contributed by atoms with E-state index < -0.39 is 6.92 Å². The Kier molecular flexibility index (Phi) is 3.77. The SMILES string of the molecule is C#CB(Oc1cccc2cccnc12)c1cccc(C#N)c1. The lowest BCUT2D eigenvalue weighted by Gasteiger charge is -2.13. The Hall–Kier alpha value is -3.24. The average molecular weight is 282 g/mol. The number of aromatic nitrogens is 1. The number of fused-ring (bicyclic) bond motifs is 1. The standard InChI is InChI=1S/C18H11BN2O/c1-2-19(16-9-3-6-14(12-16)13-20)22-17-10-4-7-15-8-5-11-21-18(15)17/h1,3-12H. The van der Waals surface area contributed by atoms with Gasteiger partial charge in [-0.3, -0.25) is 4.98 Å². The van der Waals surface area contributed by atoms with E-state index in [0.717, 1.165) is 16.4 Å². The maximum absolute atomic E-state index is 9.00. The zero-order valence-electron chi connectivity index (χ0n) is 11.7. The van der Waals surface area contributed by atoms with Gasteiger partial charge in [0.05, 0.1) is 11.6 Å². The number of terminal acetylenes is 1. The highest BCUT2D eigenvalue weighted by Gasteiger charge is 2.20. The summed E-state index contributed by atoms with van der Waals surface area (Å²) in [5.41, 5.74) is 2.09. The molecule has 3 rings (SSSR count). The lowest BCUT2D eigenvalue weighted by Crippen LogP contribution is -2.35. The Morgan fingerprint density at radius 3 is 2.73 bits per heavy atom. The molecule has 3 aromatic rings. The van der Waals surface area contributed by atoms with Gasteiger partial charge in [-0.15, -0.1) is 12.2 Å². The quantitative estimate of drug-likeness (QED) is 0.548. The molecule has 0 bridgehead atoms. The molecule has 0 amide bonds. The van der Waals surface area contributed by atoms with Crippen molar-refractivity contribution in [3.05, 3.63) is 66.4 Å². The van der Waals surface area contributed by atoms with Crippen LogP contribution >= 0.6 is 0 Å². The van der Waals surface area contributed by atoms with Gasteiger partial charge in [-0.1, -0.05) is 30.3 Å². The monoisotopic (exact) mass is 282 g/mol. The lowest BCUT2D eigenvalue weighted by atomic mass is 9.62. The van der Waals surface area contributed by atoms with Gasteiger partial charge in [-0.2, -0.15) is 5.26 Å². The number of benzene rings is 2. The van der Waals surface area contributed by atoms with Gasteiger partial charge >= 0.3 is 6.92 Å². The second-order valence-corrected chi connectivity index (χ2v) is 4.73. The van der Waals surface area contributed by atoms with Crippen molar-refractivity contribution in [3.8, 4) is 24.1 Å². The molecule has 102 valence electrons. The van der Waals surface area contributed by atoms with E-state index in [0.29, 0.717) is 11.3 Å². The van der Waals surface area contributed by atoms with Crippen molar-refractivity contribution in [1.82, 2.24) is 4.98 Å². The molecule has 1 heterocycles. The Balaban J connectivity index is 1.99. The summed E-state index contributed by atoms with van der Waals surface area (Å²) in [6, 6.07) is 18.8. The van der Waals surface area contributed by atoms with E-state index in [-0.39, 0.29) is 0 Å². The topological polar surface area (TPSA) is 45.9 Å². The number of nitrogens with zero attached hydrogens (tertiary/aromatic N) is 2. The summed E-state index contributed by atoms with van der Waals surface area (Å²) < 4.78 is 5.95. The van der Waals surface area contributed by atoms with E-state index >= 15 is 0 Å². The Morgan fingerprint density at radius 1 is 1.09 bits per heavy atom. The van der Waals surface area contributed by atoms with E-state index in [1.54, 1.807) is 24.4 Å². The molecule has 0 N–H and O–H groups in total. The minimum absolute atomic E-state index is 0.553. The molecule has 1 aromatic heterocycles. The second kappa shape index (κ2) is 6.03. The van der Waals surface area contributed by atoms with Crippen molar-refractivity contribution in [2.45, 2.75) is 0 Å². The first-order valence-electron chi connectivity index (χ1n) is 6.78. The Bertz CT molecular complexity index is 903. The lowest BCUT2D eigenvalue weighted by molar-refractivity contribution is 0.598. The van der Waals surface area contributed by atoms with Crippen LogP contribution in [0.3, 0.4) is 0 Å². The van der Waals surface area contributed by atoms with E-state index in [1.165, 1.54) is 0 Å². The number of hydrogen-bond donors (Lipinski definition) is 0. The van der Waals surface area contributed by atoms with Crippen molar-refractivity contribution in [2.75, 3.05) is 0 Å². The molecule has 0 aliphatic carbocycles. The maximum atomic E-state index is 9.00. The molecule has 2 aromatic carbocycles. The van der Waals surface area contributed by atoms with Crippen LogP contribution in [0.15, 0.2) is 60.8 Å². The van der Waals surface area contributed by atoms with Gasteiger partial charge in [-0.25, -0.2) is 0 Å². The van der Waals surface area contributed by atoms with Crippen LogP contribution in [0.25, 0.3) is 10.9 Å². The van der Waals surface area contributed by atoms with Gasteiger partial charge in [-0.05, 0) is 29.7 Å². The van der Waals surface area contributed by atoms with E-state index in [9.17, 15) is 0 Å². The molecule has 4 heteroatoms. The molecule has 0 fully saturated rings. The molecule has 0 saturated heterocycles. The molecule has 0 aliphatic heterocycles. The van der Waals surface area contributed by atoms with Gasteiger partial charge in [0.25, 0.3) is 0 Å². The van der Waals surface area contributed by atoms with Crippen LogP contribution in [0.5, 0.6) is 5.75 Å². The third-order valence-corrected chi connectivity index (χ3v) is 3.31. The van der Waals surface area contributed by atoms with Gasteiger partial charge in [0.1, 0.15) is 11.3 Å². The fourth-order valence-electron chi connectivity index (χ4n) is 2.27. The van der Waals surface area contributed by atoms with Gasteiger partial charge < -0.3 is 4.65 Å². The van der Waals surface area contributed by atoms with E-state index in [4.69, 9.17) is 16.3 Å². The first-order valence-corrected chi connectivity index (χ1v) is 6.78. The summed E-state index contributed by atoms with van der Waals surface area (Å²) in [7, 11) is 0. The molecule has 0 saturated carbocycles. The predicted molar refractivity (Wildman–Crippen MR) is 87.7 cm³/mol. The number of hydrogen-bond acceptors (Lipinski definition) is 3. The number of pyridine rings is 1. The molecular weight excluding hydrogens is 271 g/mol. The second-order valence-electron chi connectivity index (χ2n) is 4.73. The Morgan fingerprint density at radius 2 is 1.91 bits per heavy atom. The van der Waals surface area contributed by atoms with Crippen molar-refractivity contribution >= 4 is 23.3 Å². The van der Waals surface area contributed by atoms with Crippen LogP contribution in [0, 0.1) is 23.6 Å². The highest BCUT2D eigenvalue weighted by Crippen LogP contribution is 2.23. The minimum atomic E-state index is -0.569. The Labute approximate surface area is 129 Å². The highest BCUT2D eigenvalue weighted by molar-refractivity contribution is 6.75. The molecule has 0 radical (unpaired) electrons. The van der Waals surface area contributed by atoms with Gasteiger partial charge in [0.15, 0.2) is 0 Å². The largest absolute Gasteiger partial charge is 0.544 e. The van der Waals surface area contributed by atoms with Crippen LogP contribution in [-0.2, 0) is 0 Å². The van der Waals surface area contributed by atoms with Crippen LogP contribution in [0.4, 0.5) is 0 Å². The molecule has 3 nitrogen and oxygen atoms in total. The van der Waals surface area contributed by atoms with Crippen LogP contribution in [0.1, 0.15) is 5.56 Å². The summed E-state index contributed by atoms with van der Waals surface area (Å²) >= 11 is 0. The van der Waals surface area contributed by atoms with Crippen molar-refractivity contribution in [1.29, 1.82) is 5.26 Å². The first-order chi connectivity index (χ1) is 10.8. The first kappa shape index (κ1) is 13.7. The number of nitriles is 1.